The number of pyridine rings is 1. The van der Waals surface area contributed by atoms with Gasteiger partial charge in [0.25, 0.3) is 5.91 Å². The zero-order valence-electron chi connectivity index (χ0n) is 17.1. The van der Waals surface area contributed by atoms with Crippen molar-refractivity contribution < 1.29 is 9.18 Å². The number of carbonyl (C=O) groups excluding carboxylic acids is 1. The van der Waals surface area contributed by atoms with Gasteiger partial charge < -0.3 is 9.30 Å². The lowest BCUT2D eigenvalue weighted by atomic mass is 9.96. The summed E-state index contributed by atoms with van der Waals surface area (Å²) in [5, 5.41) is 0. The molecule has 1 aliphatic heterocycles. The van der Waals surface area contributed by atoms with Gasteiger partial charge in [0, 0.05) is 38.6 Å². The van der Waals surface area contributed by atoms with Crippen LogP contribution >= 0.6 is 0 Å². The van der Waals surface area contributed by atoms with Gasteiger partial charge in [-0.3, -0.25) is 9.69 Å². The third kappa shape index (κ3) is 3.94. The number of halogens is 1. The van der Waals surface area contributed by atoms with Crippen molar-refractivity contribution in [3.63, 3.8) is 0 Å². The van der Waals surface area contributed by atoms with Gasteiger partial charge in [0.1, 0.15) is 17.2 Å². The van der Waals surface area contributed by atoms with Gasteiger partial charge in [-0.25, -0.2) is 9.37 Å². The third-order valence-electron chi connectivity index (χ3n) is 5.83. The van der Waals surface area contributed by atoms with Crippen molar-refractivity contribution in [2.45, 2.75) is 6.04 Å². The number of nitrogens with zero attached hydrogens (tertiary/aromatic N) is 4. The van der Waals surface area contributed by atoms with Crippen molar-refractivity contribution in [1.29, 1.82) is 0 Å². The molecule has 3 heterocycles. The first-order chi connectivity index (χ1) is 15.2. The fourth-order valence-electron chi connectivity index (χ4n) is 4.30. The molecule has 156 valence electrons. The van der Waals surface area contributed by atoms with E-state index >= 15 is 0 Å². The molecule has 6 heteroatoms. The van der Waals surface area contributed by atoms with E-state index in [-0.39, 0.29) is 17.8 Å². The van der Waals surface area contributed by atoms with Crippen LogP contribution in [0.2, 0.25) is 0 Å². The van der Waals surface area contributed by atoms with Crippen molar-refractivity contribution in [2.75, 3.05) is 26.2 Å². The molecule has 1 amide bonds. The number of amides is 1. The lowest BCUT2D eigenvalue weighted by molar-refractivity contribution is 0.0592. The molecule has 0 radical (unpaired) electrons. The largest absolute Gasteiger partial charge is 0.335 e. The summed E-state index contributed by atoms with van der Waals surface area (Å²) in [7, 11) is 0. The summed E-state index contributed by atoms with van der Waals surface area (Å²) in [6, 6.07) is 24.0. The zero-order valence-corrected chi connectivity index (χ0v) is 17.1. The maximum Gasteiger partial charge on any atom is 0.274 e. The first kappa shape index (κ1) is 19.5. The Kier molecular flexibility index (Phi) is 5.22. The van der Waals surface area contributed by atoms with E-state index in [2.05, 4.69) is 58.4 Å². The summed E-state index contributed by atoms with van der Waals surface area (Å²) in [5.41, 5.74) is 3.41. The summed E-state index contributed by atoms with van der Waals surface area (Å²) in [6.45, 7) is 2.78. The van der Waals surface area contributed by atoms with Crippen LogP contribution in [0.4, 0.5) is 4.39 Å². The van der Waals surface area contributed by atoms with Crippen LogP contribution in [0, 0.1) is 5.82 Å². The number of carbonyl (C=O) groups is 1. The minimum absolute atomic E-state index is 0.111. The lowest BCUT2D eigenvalue weighted by Gasteiger charge is -2.39. The Bertz CT molecular complexity index is 1140. The smallest absolute Gasteiger partial charge is 0.274 e. The second kappa shape index (κ2) is 8.32. The molecule has 0 atom stereocenters. The molecular weight excluding hydrogens is 391 g/mol. The molecular formula is C25H23FN4O. The monoisotopic (exact) mass is 414 g/mol. The maximum atomic E-state index is 13.5. The molecule has 2 aromatic heterocycles. The first-order valence-electron chi connectivity index (χ1n) is 10.5. The Morgan fingerprint density at radius 3 is 2.03 bits per heavy atom. The van der Waals surface area contributed by atoms with Crippen LogP contribution in [0.5, 0.6) is 0 Å². The summed E-state index contributed by atoms with van der Waals surface area (Å²) in [4.78, 5) is 21.6. The number of hydrogen-bond acceptors (Lipinski definition) is 3. The highest BCUT2D eigenvalue weighted by molar-refractivity contribution is 5.93. The van der Waals surface area contributed by atoms with E-state index in [4.69, 9.17) is 0 Å². The normalized spacial score (nSPS) is 15.0. The van der Waals surface area contributed by atoms with Gasteiger partial charge in [-0.2, -0.15) is 0 Å². The molecule has 1 fully saturated rings. The predicted octanol–water partition coefficient (Wildman–Crippen LogP) is 4.02. The van der Waals surface area contributed by atoms with E-state index in [1.54, 1.807) is 16.7 Å². The molecule has 1 aliphatic rings. The van der Waals surface area contributed by atoms with E-state index < -0.39 is 0 Å². The number of aromatic nitrogens is 2. The Hall–Kier alpha value is -3.51. The van der Waals surface area contributed by atoms with Crippen LogP contribution in [0.25, 0.3) is 5.65 Å². The summed E-state index contributed by atoms with van der Waals surface area (Å²) in [5.74, 6) is -0.467. The molecule has 0 spiro atoms. The van der Waals surface area contributed by atoms with E-state index in [1.165, 1.54) is 23.4 Å². The van der Waals surface area contributed by atoms with Crippen molar-refractivity contribution >= 4 is 11.6 Å². The van der Waals surface area contributed by atoms with Gasteiger partial charge in [0.2, 0.25) is 0 Å². The fourth-order valence-corrected chi connectivity index (χ4v) is 4.30. The van der Waals surface area contributed by atoms with Crippen LogP contribution < -0.4 is 0 Å². The molecule has 5 rings (SSSR count). The topological polar surface area (TPSA) is 40.9 Å². The highest BCUT2D eigenvalue weighted by Gasteiger charge is 2.29. The number of benzene rings is 2. The van der Waals surface area contributed by atoms with Crippen molar-refractivity contribution in [3.05, 3.63) is 108 Å². The molecule has 0 unspecified atom stereocenters. The number of imidazole rings is 1. The van der Waals surface area contributed by atoms with Crippen molar-refractivity contribution in [2.24, 2.45) is 0 Å². The molecule has 0 saturated carbocycles. The average Bonchev–Trinajstić information content (AvgIpc) is 3.24. The Labute approximate surface area is 180 Å². The van der Waals surface area contributed by atoms with Gasteiger partial charge in [-0.05, 0) is 23.3 Å². The molecule has 31 heavy (non-hydrogen) atoms. The minimum Gasteiger partial charge on any atom is -0.335 e. The van der Waals surface area contributed by atoms with Crippen molar-refractivity contribution in [3.8, 4) is 0 Å². The second-order valence-electron chi connectivity index (χ2n) is 7.79. The van der Waals surface area contributed by atoms with Crippen LogP contribution in [-0.4, -0.2) is 51.3 Å². The maximum absolute atomic E-state index is 13.5. The molecule has 5 nitrogen and oxygen atoms in total. The second-order valence-corrected chi connectivity index (χ2v) is 7.79. The Morgan fingerprint density at radius 2 is 1.42 bits per heavy atom. The van der Waals surface area contributed by atoms with Crippen LogP contribution in [-0.2, 0) is 0 Å². The fraction of sp³-hybridized carbons (Fsp3) is 0.200. The van der Waals surface area contributed by atoms with Crippen LogP contribution in [0.15, 0.2) is 85.2 Å². The Morgan fingerprint density at radius 1 is 0.806 bits per heavy atom. The van der Waals surface area contributed by atoms with E-state index in [9.17, 15) is 9.18 Å². The summed E-state index contributed by atoms with van der Waals surface area (Å²) < 4.78 is 15.0. The first-order valence-corrected chi connectivity index (χ1v) is 10.5. The predicted molar refractivity (Wildman–Crippen MR) is 117 cm³/mol. The number of rotatable bonds is 4. The average molecular weight is 414 g/mol. The molecule has 0 N–H and O–H groups in total. The van der Waals surface area contributed by atoms with Crippen LogP contribution in [0.1, 0.15) is 27.7 Å². The molecule has 0 bridgehead atoms. The standard InChI is InChI=1S/C25H23FN4O/c26-21-11-12-23-27-22(18-30(23)17-21)25(31)29-15-13-28(14-16-29)24(19-7-3-1-4-8-19)20-9-5-2-6-10-20/h1-12,17-18,24H,13-16H2. The molecule has 4 aromatic rings. The van der Waals surface area contributed by atoms with Gasteiger partial charge in [-0.1, -0.05) is 60.7 Å². The Balaban J connectivity index is 1.34. The van der Waals surface area contributed by atoms with Gasteiger partial charge in [0.05, 0.1) is 6.04 Å². The van der Waals surface area contributed by atoms with E-state index in [0.717, 1.165) is 13.1 Å². The third-order valence-corrected chi connectivity index (χ3v) is 5.83. The number of piperazine rings is 1. The SMILES string of the molecule is O=C(c1cn2cc(F)ccc2n1)N1CCN(C(c2ccccc2)c2ccccc2)CC1. The van der Waals surface area contributed by atoms with Crippen molar-refractivity contribution in [1.82, 2.24) is 19.2 Å². The number of fused-ring (bicyclic) bond motifs is 1. The van der Waals surface area contributed by atoms with E-state index in [1.807, 2.05) is 17.0 Å². The number of hydrogen-bond donors (Lipinski definition) is 0. The van der Waals surface area contributed by atoms with Gasteiger partial charge in [0.15, 0.2) is 0 Å². The van der Waals surface area contributed by atoms with Gasteiger partial charge in [-0.15, -0.1) is 0 Å². The van der Waals surface area contributed by atoms with Crippen LogP contribution in [0.3, 0.4) is 0 Å². The highest BCUT2D eigenvalue weighted by Crippen LogP contribution is 2.29. The van der Waals surface area contributed by atoms with E-state index in [0.29, 0.717) is 24.4 Å². The summed E-state index contributed by atoms with van der Waals surface area (Å²) >= 11 is 0. The molecule has 2 aromatic carbocycles. The zero-order chi connectivity index (χ0) is 21.2. The quantitative estimate of drug-likeness (QED) is 0.507. The minimum atomic E-state index is -0.356. The lowest BCUT2D eigenvalue weighted by Crippen LogP contribution is -2.50. The molecule has 0 aliphatic carbocycles. The molecule has 1 saturated heterocycles. The highest BCUT2D eigenvalue weighted by atomic mass is 19.1. The summed E-state index contributed by atoms with van der Waals surface area (Å²) in [6.07, 6.45) is 2.94. The van der Waals surface area contributed by atoms with Gasteiger partial charge >= 0.3 is 0 Å².